The van der Waals surface area contributed by atoms with Gasteiger partial charge in [0, 0.05) is 0 Å². The van der Waals surface area contributed by atoms with E-state index in [1.807, 2.05) is 0 Å². The first-order valence-electron chi connectivity index (χ1n) is 13.7. The van der Waals surface area contributed by atoms with Gasteiger partial charge in [-0.15, -0.1) is 0 Å². The molecule has 0 spiro atoms. The number of phosphoric acid groups is 1. The van der Waals surface area contributed by atoms with Gasteiger partial charge in [-0.05, 0) is 12.1 Å². The van der Waals surface area contributed by atoms with Crippen molar-refractivity contribution in [1.82, 2.24) is 29.1 Å². The zero-order chi connectivity index (χ0) is 31.7. The van der Waals surface area contributed by atoms with E-state index in [0.29, 0.717) is 11.0 Å². The molecule has 3 fully saturated rings. The number of benzene rings is 1. The van der Waals surface area contributed by atoms with Crippen molar-refractivity contribution in [3.05, 3.63) is 47.3 Å². The molecule has 7 rings (SSSR count). The molecule has 1 aromatic carbocycles. The van der Waals surface area contributed by atoms with Gasteiger partial charge in [-0.25, -0.2) is 14.5 Å². The summed E-state index contributed by atoms with van der Waals surface area (Å²) in [6, 6.07) is 7.06. The highest BCUT2D eigenvalue weighted by molar-refractivity contribution is 7.83. The minimum absolute atomic E-state index is 0.0358. The summed E-state index contributed by atoms with van der Waals surface area (Å²) in [7, 11) is -9.17. The molecule has 2 bridgehead atoms. The van der Waals surface area contributed by atoms with Crippen LogP contribution in [0.5, 0.6) is 0 Å². The number of hydrogen-bond donors (Lipinski definition) is 5. The second kappa shape index (κ2) is 11.4. The number of ether oxygens (including phenoxy) is 2. The third kappa shape index (κ3) is 5.45. The number of nitrogens with zero attached hydrogens (tertiary/aromatic N) is 5. The number of hydrogen-bond acceptors (Lipinski definition) is 15. The van der Waals surface area contributed by atoms with Gasteiger partial charge >= 0.3 is 7.82 Å². The van der Waals surface area contributed by atoms with Crippen molar-refractivity contribution < 1.29 is 51.8 Å². The SMILES string of the molecule is C[B]P1(=O)OCC2OC(n3cnc4ccccc43)C(O)C2OP(=O)(O)OCC2OC(n3cnc4c(=O)[nH]c(N)nc43)C(O1)C2O. The van der Waals surface area contributed by atoms with E-state index in [-0.39, 0.29) is 17.1 Å². The number of aliphatic hydroxyl groups excluding tert-OH is 2. The third-order valence-electron chi connectivity index (χ3n) is 7.76. The highest BCUT2D eigenvalue weighted by Gasteiger charge is 2.53. The maximum absolute atomic E-state index is 13.9. The Morgan fingerprint density at radius 3 is 2.51 bits per heavy atom. The van der Waals surface area contributed by atoms with E-state index >= 15 is 0 Å². The number of nitrogen functional groups attached to an aromatic ring is 1. The maximum Gasteiger partial charge on any atom is 0.472 e. The Morgan fingerprint density at radius 2 is 1.71 bits per heavy atom. The number of rotatable bonds is 3. The van der Waals surface area contributed by atoms with Crippen LogP contribution in [0.4, 0.5) is 5.95 Å². The molecular formula is C23H27BN7O12P2. The Kier molecular flexibility index (Phi) is 7.74. The Bertz CT molecular complexity index is 1900. The zero-order valence-corrected chi connectivity index (χ0v) is 25.1. The lowest BCUT2D eigenvalue weighted by Crippen LogP contribution is -2.36. The molecule has 45 heavy (non-hydrogen) atoms. The van der Waals surface area contributed by atoms with Gasteiger partial charge in [0.1, 0.15) is 36.6 Å². The fourth-order valence-corrected chi connectivity index (χ4v) is 7.80. The lowest BCUT2D eigenvalue weighted by atomic mass is 10.1. The quantitative estimate of drug-likeness (QED) is 0.143. The highest BCUT2D eigenvalue weighted by Crippen LogP contribution is 2.54. The summed E-state index contributed by atoms with van der Waals surface area (Å²) in [4.78, 5) is 37.8. The average molecular weight is 666 g/mol. The molecule has 6 N–H and O–H groups in total. The number of nitrogens with two attached hydrogens (primary N) is 1. The van der Waals surface area contributed by atoms with Crippen LogP contribution >= 0.6 is 15.3 Å². The van der Waals surface area contributed by atoms with E-state index in [4.69, 9.17) is 33.3 Å². The fraction of sp³-hybridized carbons (Fsp3) is 0.478. The number of para-hydroxylation sites is 2. The predicted octanol–water partition coefficient (Wildman–Crippen LogP) is 0.0463. The van der Waals surface area contributed by atoms with Crippen molar-refractivity contribution in [3.8, 4) is 0 Å². The number of imidazole rings is 2. The summed E-state index contributed by atoms with van der Waals surface area (Å²) < 4.78 is 64.0. The summed E-state index contributed by atoms with van der Waals surface area (Å²) in [6.45, 7) is 1.29. The standard InChI is InChI=1S/C23H27BN7O12P2/c1-24-44(35)38-7-13-17(16(33)21(41-13)30-8-26-10-4-2-3-5-11(10)30)43-45(36,37)39-6-12-15(32)18(42-44)22(40-12)31-9-27-14-19(31)28-23(25)29-20(14)34/h2-5,8-9,12-13,15-18,21-22,32-33H,6-7H2,1H3,(H,36,37)(H3,25,28,29,34). The van der Waals surface area contributed by atoms with Crippen LogP contribution in [0.1, 0.15) is 12.5 Å². The van der Waals surface area contributed by atoms with Crippen LogP contribution in [0.3, 0.4) is 0 Å². The van der Waals surface area contributed by atoms with Crippen LogP contribution in [0.15, 0.2) is 41.7 Å². The van der Waals surface area contributed by atoms with Gasteiger partial charge in [0.25, 0.3) is 20.0 Å². The average Bonchev–Trinajstić information content (AvgIpc) is 3.76. The number of aromatic nitrogens is 6. The van der Waals surface area contributed by atoms with Crippen LogP contribution in [0.25, 0.3) is 22.2 Å². The van der Waals surface area contributed by atoms with Crippen molar-refractivity contribution in [3.63, 3.8) is 0 Å². The second-order valence-corrected chi connectivity index (χ2v) is 14.0. The van der Waals surface area contributed by atoms with Crippen molar-refractivity contribution >= 4 is 50.4 Å². The van der Waals surface area contributed by atoms with Gasteiger partial charge in [0.2, 0.25) is 5.95 Å². The molecule has 239 valence electrons. The molecule has 0 saturated carbocycles. The number of aliphatic hydroxyl groups is 2. The molecule has 3 aliphatic rings. The molecule has 0 aliphatic carbocycles. The minimum Gasteiger partial charge on any atom is -0.387 e. The van der Waals surface area contributed by atoms with Gasteiger partial charge in [0.15, 0.2) is 23.6 Å². The maximum atomic E-state index is 13.9. The third-order valence-corrected chi connectivity index (χ3v) is 10.4. The van der Waals surface area contributed by atoms with Crippen molar-refractivity contribution in [2.24, 2.45) is 0 Å². The summed E-state index contributed by atoms with van der Waals surface area (Å²) in [5.41, 5.74) is 6.15. The molecule has 3 aliphatic heterocycles. The smallest absolute Gasteiger partial charge is 0.387 e. The Morgan fingerprint density at radius 1 is 0.978 bits per heavy atom. The monoisotopic (exact) mass is 666 g/mol. The van der Waals surface area contributed by atoms with Crippen LogP contribution in [0.2, 0.25) is 6.82 Å². The predicted molar refractivity (Wildman–Crippen MR) is 153 cm³/mol. The molecule has 22 heteroatoms. The summed E-state index contributed by atoms with van der Waals surface area (Å²) in [5, 5.41) is 22.4. The zero-order valence-electron chi connectivity index (χ0n) is 23.3. The lowest BCUT2D eigenvalue weighted by Gasteiger charge is -2.28. The number of fused-ring (bicyclic) bond motifs is 5. The van der Waals surface area contributed by atoms with Crippen molar-refractivity contribution in [2.45, 2.75) is 55.9 Å². The van der Waals surface area contributed by atoms with E-state index in [0.717, 1.165) is 7.00 Å². The second-order valence-electron chi connectivity index (χ2n) is 10.5. The van der Waals surface area contributed by atoms with Crippen LogP contribution < -0.4 is 11.3 Å². The molecule has 10 atom stereocenters. The van der Waals surface area contributed by atoms with Gasteiger partial charge in [0.05, 0.1) is 36.9 Å². The Hall–Kier alpha value is -3.00. The largest absolute Gasteiger partial charge is 0.472 e. The Labute approximate surface area is 253 Å². The van der Waals surface area contributed by atoms with Gasteiger partial charge in [-0.2, -0.15) is 4.98 Å². The van der Waals surface area contributed by atoms with E-state index in [9.17, 15) is 29.0 Å². The summed E-state index contributed by atoms with van der Waals surface area (Å²) in [5.74, 6) is -0.225. The molecule has 10 unspecified atom stereocenters. The molecule has 3 aromatic heterocycles. The first-order chi connectivity index (χ1) is 21.5. The van der Waals surface area contributed by atoms with E-state index in [1.54, 1.807) is 24.3 Å². The Balaban J connectivity index is 1.22. The molecule has 6 heterocycles. The van der Waals surface area contributed by atoms with Crippen LogP contribution in [-0.2, 0) is 36.7 Å². The minimum atomic E-state index is -4.96. The number of H-pyrrole nitrogens is 1. The molecule has 3 saturated heterocycles. The summed E-state index contributed by atoms with van der Waals surface area (Å²) >= 11 is 0. The van der Waals surface area contributed by atoms with Crippen LogP contribution in [-0.4, -0.2) is 101 Å². The number of phosphoric ester groups is 1. The van der Waals surface area contributed by atoms with Crippen molar-refractivity contribution in [1.29, 1.82) is 0 Å². The lowest BCUT2D eigenvalue weighted by molar-refractivity contribution is -0.0621. The van der Waals surface area contributed by atoms with Crippen molar-refractivity contribution in [2.75, 3.05) is 18.9 Å². The molecule has 0 amide bonds. The number of anilines is 1. The number of aromatic amines is 1. The van der Waals surface area contributed by atoms with Crippen LogP contribution in [0, 0.1) is 0 Å². The van der Waals surface area contributed by atoms with E-state index < -0.39 is 83.1 Å². The normalized spacial score (nSPS) is 37.6. The summed E-state index contributed by atoms with van der Waals surface area (Å²) in [6.07, 6.45) is -8.55. The highest BCUT2D eigenvalue weighted by atomic mass is 31.2. The van der Waals surface area contributed by atoms with E-state index in [1.165, 1.54) is 28.6 Å². The van der Waals surface area contributed by atoms with Gasteiger partial charge in [-0.3, -0.25) is 28.0 Å². The first kappa shape index (κ1) is 30.6. The van der Waals surface area contributed by atoms with E-state index in [2.05, 4.69) is 19.9 Å². The molecule has 1 radical (unpaired) electrons. The molecule has 19 nitrogen and oxygen atoms in total. The fourth-order valence-electron chi connectivity index (χ4n) is 5.58. The first-order valence-corrected chi connectivity index (χ1v) is 16.8. The van der Waals surface area contributed by atoms with Gasteiger partial charge in [-0.1, -0.05) is 19.0 Å². The molecular weight excluding hydrogens is 639 g/mol. The van der Waals surface area contributed by atoms with Gasteiger partial charge < -0.3 is 43.9 Å². The topological polar surface area (TPSA) is 258 Å². The number of nitrogens with one attached hydrogen (secondary N) is 1. The molecule has 4 aromatic rings.